The molecule has 0 spiro atoms. The Morgan fingerprint density at radius 1 is 0.388 bits per heavy atom. The van der Waals surface area contributed by atoms with Crippen molar-refractivity contribution in [1.29, 1.82) is 0 Å². The molecule has 0 amide bonds. The van der Waals surface area contributed by atoms with E-state index >= 15 is 0 Å². The molecule has 0 aromatic heterocycles. The smallest absolute Gasteiger partial charge is 0.206 e. The van der Waals surface area contributed by atoms with Gasteiger partial charge in [0, 0.05) is 10.8 Å². The quantitative estimate of drug-likeness (QED) is 0.137. The van der Waals surface area contributed by atoms with Gasteiger partial charge in [-0.15, -0.1) is 0 Å². The lowest BCUT2D eigenvalue weighted by molar-refractivity contribution is 0.414. The fourth-order valence-corrected chi connectivity index (χ4v) is 7.12. The van der Waals surface area contributed by atoms with E-state index in [4.69, 9.17) is 14.2 Å². The molecule has 6 heteroatoms. The first-order valence-electron chi connectivity index (χ1n) is 16.2. The first-order chi connectivity index (χ1) is 23.5. The summed E-state index contributed by atoms with van der Waals surface area (Å²) in [6.07, 6.45) is 0. The molecule has 0 aliphatic carbocycles. The zero-order chi connectivity index (χ0) is 34.6. The second-order valence-electron chi connectivity index (χ2n) is 13.0. The maximum atomic E-state index is 13.4. The predicted molar refractivity (Wildman–Crippen MR) is 195 cm³/mol. The molecule has 248 valence electrons. The Bertz CT molecular complexity index is 2100. The van der Waals surface area contributed by atoms with Gasteiger partial charge >= 0.3 is 0 Å². The number of sulfone groups is 1. The minimum Gasteiger partial charge on any atom is -0.497 e. The molecule has 0 heterocycles. The summed E-state index contributed by atoms with van der Waals surface area (Å²) >= 11 is 0. The van der Waals surface area contributed by atoms with Crippen LogP contribution in [0.4, 0.5) is 0 Å². The highest BCUT2D eigenvalue weighted by atomic mass is 32.2. The Hall–Kier alpha value is -5.33. The lowest BCUT2D eigenvalue weighted by Gasteiger charge is -2.26. The summed E-state index contributed by atoms with van der Waals surface area (Å²) < 4.78 is 44.2. The van der Waals surface area contributed by atoms with Crippen LogP contribution < -0.4 is 14.2 Å². The molecule has 0 aliphatic rings. The third kappa shape index (κ3) is 7.25. The third-order valence-corrected chi connectivity index (χ3v) is 11.0. The van der Waals surface area contributed by atoms with Gasteiger partial charge in [-0.1, -0.05) is 94.4 Å². The van der Waals surface area contributed by atoms with Crippen molar-refractivity contribution < 1.29 is 22.6 Å². The van der Waals surface area contributed by atoms with Crippen molar-refractivity contribution in [2.45, 2.75) is 48.3 Å². The monoisotopic (exact) mass is 668 g/mol. The predicted octanol–water partition coefficient (Wildman–Crippen LogP) is 10.8. The minimum atomic E-state index is -3.74. The standard InChI is InChI=1S/C43H40O5S/c1-42(2,31-9-7-6-8-10-31)33-13-19-36(20-14-33)47-38-23-27-40(28-24-38)49(44,45)41-29-25-39(26-30-41)48-37-21-15-34(16-22-37)43(3,4)32-11-17-35(46-5)18-12-32/h6-30H,1-5H3. The van der Waals surface area contributed by atoms with Crippen LogP contribution in [-0.2, 0) is 20.7 Å². The summed E-state index contributed by atoms with van der Waals surface area (Å²) in [6.45, 7) is 8.75. The van der Waals surface area contributed by atoms with Gasteiger partial charge in [-0.25, -0.2) is 8.42 Å². The summed E-state index contributed by atoms with van der Waals surface area (Å²) in [7, 11) is -2.08. The van der Waals surface area contributed by atoms with Crippen LogP contribution in [0.25, 0.3) is 0 Å². The molecule has 0 saturated carbocycles. The van der Waals surface area contributed by atoms with Gasteiger partial charge in [0.15, 0.2) is 0 Å². The van der Waals surface area contributed by atoms with Gasteiger partial charge < -0.3 is 14.2 Å². The lowest BCUT2D eigenvalue weighted by Crippen LogP contribution is -2.18. The van der Waals surface area contributed by atoms with Gasteiger partial charge in [-0.05, 0) is 107 Å². The van der Waals surface area contributed by atoms with Crippen LogP contribution in [0.5, 0.6) is 28.7 Å². The number of rotatable bonds is 11. The average Bonchev–Trinajstić information content (AvgIpc) is 3.13. The van der Waals surface area contributed by atoms with Crippen LogP contribution in [0.2, 0.25) is 0 Å². The molecule has 6 rings (SSSR count). The molecule has 0 saturated heterocycles. The van der Waals surface area contributed by atoms with Crippen molar-refractivity contribution >= 4 is 9.84 Å². The van der Waals surface area contributed by atoms with Gasteiger partial charge in [0.05, 0.1) is 16.9 Å². The highest BCUT2D eigenvalue weighted by molar-refractivity contribution is 7.91. The maximum absolute atomic E-state index is 13.4. The minimum absolute atomic E-state index is 0.151. The number of methoxy groups -OCH3 is 1. The van der Waals surface area contributed by atoms with Crippen LogP contribution >= 0.6 is 0 Å². The van der Waals surface area contributed by atoms with E-state index in [1.54, 1.807) is 55.6 Å². The van der Waals surface area contributed by atoms with Crippen molar-refractivity contribution in [3.05, 3.63) is 174 Å². The number of hydrogen-bond acceptors (Lipinski definition) is 5. The van der Waals surface area contributed by atoms with E-state index in [1.165, 1.54) is 16.7 Å². The van der Waals surface area contributed by atoms with E-state index in [-0.39, 0.29) is 20.6 Å². The van der Waals surface area contributed by atoms with Crippen LogP contribution in [0.3, 0.4) is 0 Å². The van der Waals surface area contributed by atoms with Gasteiger partial charge in [0.2, 0.25) is 9.84 Å². The van der Waals surface area contributed by atoms with Crippen molar-refractivity contribution in [2.24, 2.45) is 0 Å². The number of ether oxygens (including phenoxy) is 3. The first-order valence-corrected chi connectivity index (χ1v) is 17.7. The molecule has 6 aromatic rings. The number of benzene rings is 6. The molecule has 0 radical (unpaired) electrons. The molecular formula is C43H40O5S. The van der Waals surface area contributed by atoms with Crippen molar-refractivity contribution in [3.8, 4) is 28.7 Å². The van der Waals surface area contributed by atoms with E-state index in [9.17, 15) is 8.42 Å². The molecule has 0 atom stereocenters. The summed E-state index contributed by atoms with van der Waals surface area (Å²) in [5, 5.41) is 0. The van der Waals surface area contributed by atoms with Crippen molar-refractivity contribution in [3.63, 3.8) is 0 Å². The SMILES string of the molecule is COc1ccc(C(C)(C)c2ccc(Oc3ccc(S(=O)(=O)c4ccc(Oc5ccc(C(C)(C)c6ccccc6)cc5)cc4)cc3)cc2)cc1. The van der Waals surface area contributed by atoms with E-state index in [0.717, 1.165) is 11.3 Å². The van der Waals surface area contributed by atoms with Crippen LogP contribution in [0.1, 0.15) is 49.9 Å². The second kappa shape index (κ2) is 13.7. The van der Waals surface area contributed by atoms with E-state index in [1.807, 2.05) is 54.6 Å². The highest BCUT2D eigenvalue weighted by Crippen LogP contribution is 2.36. The Balaban J connectivity index is 1.08. The zero-order valence-corrected chi connectivity index (χ0v) is 29.2. The second-order valence-corrected chi connectivity index (χ2v) is 15.0. The summed E-state index contributed by atoms with van der Waals surface area (Å²) in [5.74, 6) is 3.26. The molecule has 0 unspecified atom stereocenters. The molecular weight excluding hydrogens is 629 g/mol. The Labute approximate surface area is 289 Å². The van der Waals surface area contributed by atoms with Gasteiger partial charge in [0.25, 0.3) is 0 Å². The topological polar surface area (TPSA) is 61.8 Å². The number of hydrogen-bond donors (Lipinski definition) is 0. The average molecular weight is 669 g/mol. The summed E-state index contributed by atoms with van der Waals surface area (Å²) in [6, 6.07) is 47.4. The summed E-state index contributed by atoms with van der Waals surface area (Å²) in [5.41, 5.74) is 4.36. The third-order valence-electron chi connectivity index (χ3n) is 9.20. The summed E-state index contributed by atoms with van der Waals surface area (Å²) in [4.78, 5) is 0.366. The van der Waals surface area contributed by atoms with E-state index < -0.39 is 9.84 Å². The van der Waals surface area contributed by atoms with Gasteiger partial charge in [-0.2, -0.15) is 0 Å². The molecule has 0 aliphatic heterocycles. The van der Waals surface area contributed by atoms with Gasteiger partial charge in [-0.3, -0.25) is 0 Å². The lowest BCUT2D eigenvalue weighted by atomic mass is 9.78. The molecule has 49 heavy (non-hydrogen) atoms. The van der Waals surface area contributed by atoms with E-state index in [0.29, 0.717) is 23.0 Å². The maximum Gasteiger partial charge on any atom is 0.206 e. The fraction of sp³-hybridized carbons (Fsp3) is 0.163. The molecule has 0 N–H and O–H groups in total. The molecule has 5 nitrogen and oxygen atoms in total. The largest absolute Gasteiger partial charge is 0.497 e. The Morgan fingerprint density at radius 3 is 1.00 bits per heavy atom. The van der Waals surface area contributed by atoms with Crippen molar-refractivity contribution in [1.82, 2.24) is 0 Å². The van der Waals surface area contributed by atoms with Crippen LogP contribution in [0.15, 0.2) is 161 Å². The highest BCUT2D eigenvalue weighted by Gasteiger charge is 2.24. The van der Waals surface area contributed by atoms with E-state index in [2.05, 4.69) is 76.2 Å². The normalized spacial score (nSPS) is 11.9. The first kappa shape index (κ1) is 33.6. The zero-order valence-electron chi connectivity index (χ0n) is 28.4. The van der Waals surface area contributed by atoms with Crippen LogP contribution in [-0.4, -0.2) is 15.5 Å². The molecule has 0 bridgehead atoms. The van der Waals surface area contributed by atoms with Crippen molar-refractivity contribution in [2.75, 3.05) is 7.11 Å². The fourth-order valence-electron chi connectivity index (χ4n) is 5.86. The Kier molecular flexibility index (Phi) is 9.35. The Morgan fingerprint density at radius 2 is 0.673 bits per heavy atom. The van der Waals surface area contributed by atoms with Crippen LogP contribution in [0, 0.1) is 0 Å². The molecule has 0 fully saturated rings. The molecule has 6 aromatic carbocycles. The van der Waals surface area contributed by atoms with Gasteiger partial charge in [0.1, 0.15) is 28.7 Å².